The van der Waals surface area contributed by atoms with Crippen molar-refractivity contribution < 1.29 is 4.74 Å². The average molecular weight is 237 g/mol. The Morgan fingerprint density at radius 1 is 1.31 bits per heavy atom. The first-order valence-corrected chi connectivity index (χ1v) is 4.98. The number of aromatic amines is 1. The zero-order valence-electron chi connectivity index (χ0n) is 8.53. The summed E-state index contributed by atoms with van der Waals surface area (Å²) in [6, 6.07) is 6.96. The molecule has 1 heterocycles. The molecule has 5 heteroatoms. The molecule has 0 fully saturated rings. The van der Waals surface area contributed by atoms with Crippen molar-refractivity contribution in [2.45, 2.75) is 0 Å². The van der Waals surface area contributed by atoms with Gasteiger partial charge in [0, 0.05) is 5.02 Å². The van der Waals surface area contributed by atoms with Crippen LogP contribution in [0.3, 0.4) is 0 Å². The highest BCUT2D eigenvalue weighted by molar-refractivity contribution is 6.30. The van der Waals surface area contributed by atoms with Crippen molar-refractivity contribution >= 4 is 11.6 Å². The lowest BCUT2D eigenvalue weighted by Crippen LogP contribution is -2.11. The smallest absolute Gasteiger partial charge is 0.275 e. The molecule has 0 bridgehead atoms. The quantitative estimate of drug-likeness (QED) is 0.869. The molecule has 0 radical (unpaired) electrons. The largest absolute Gasteiger partial charge is 0.494 e. The van der Waals surface area contributed by atoms with Gasteiger partial charge in [0.05, 0.1) is 18.9 Å². The molecule has 0 aliphatic rings. The van der Waals surface area contributed by atoms with Gasteiger partial charge in [0.15, 0.2) is 5.75 Å². The Hall–Kier alpha value is -1.81. The van der Waals surface area contributed by atoms with Crippen molar-refractivity contribution in [3.8, 4) is 16.9 Å². The van der Waals surface area contributed by atoms with E-state index in [4.69, 9.17) is 16.3 Å². The van der Waals surface area contributed by atoms with Gasteiger partial charge in [-0.25, -0.2) is 5.10 Å². The van der Waals surface area contributed by atoms with E-state index in [-0.39, 0.29) is 5.56 Å². The van der Waals surface area contributed by atoms with Gasteiger partial charge in [-0.15, -0.1) is 0 Å². The van der Waals surface area contributed by atoms with Gasteiger partial charge in [0.1, 0.15) is 0 Å². The molecule has 0 amide bonds. The van der Waals surface area contributed by atoms with Crippen LogP contribution < -0.4 is 10.3 Å². The standard InChI is InChI=1S/C11H9ClN2O2/c1-16-9-6-13-14-11(15)10(9)7-2-4-8(12)5-3-7/h2-6H,1H3,(H,14,15). The van der Waals surface area contributed by atoms with E-state index < -0.39 is 0 Å². The number of ether oxygens (including phenoxy) is 1. The maximum Gasteiger partial charge on any atom is 0.275 e. The lowest BCUT2D eigenvalue weighted by Gasteiger charge is -2.06. The van der Waals surface area contributed by atoms with Crippen LogP contribution in [0.15, 0.2) is 35.3 Å². The van der Waals surface area contributed by atoms with Gasteiger partial charge in [-0.05, 0) is 17.7 Å². The van der Waals surface area contributed by atoms with Gasteiger partial charge in [-0.1, -0.05) is 23.7 Å². The molecule has 1 aromatic carbocycles. The summed E-state index contributed by atoms with van der Waals surface area (Å²) in [7, 11) is 1.50. The summed E-state index contributed by atoms with van der Waals surface area (Å²) < 4.78 is 5.10. The fourth-order valence-electron chi connectivity index (χ4n) is 1.43. The van der Waals surface area contributed by atoms with Gasteiger partial charge in [0.25, 0.3) is 5.56 Å². The number of hydrogen-bond acceptors (Lipinski definition) is 3. The Bertz CT molecular complexity index is 549. The Morgan fingerprint density at radius 2 is 2.00 bits per heavy atom. The Kier molecular flexibility index (Phi) is 2.92. The van der Waals surface area contributed by atoms with Gasteiger partial charge in [-0.3, -0.25) is 4.79 Å². The third-order valence-electron chi connectivity index (χ3n) is 2.17. The number of methoxy groups -OCH3 is 1. The minimum Gasteiger partial charge on any atom is -0.494 e. The summed E-state index contributed by atoms with van der Waals surface area (Å²) in [6.45, 7) is 0. The maximum absolute atomic E-state index is 11.7. The number of halogens is 1. The molecule has 1 aromatic heterocycles. The van der Waals surface area contributed by atoms with Crippen molar-refractivity contribution in [2.24, 2.45) is 0 Å². The van der Waals surface area contributed by atoms with Crippen LogP contribution in [0.2, 0.25) is 5.02 Å². The molecular weight excluding hydrogens is 228 g/mol. The number of H-pyrrole nitrogens is 1. The molecule has 0 saturated heterocycles. The molecule has 0 aliphatic heterocycles. The van der Waals surface area contributed by atoms with E-state index in [2.05, 4.69) is 10.2 Å². The molecular formula is C11H9ClN2O2. The number of rotatable bonds is 2. The molecule has 0 aliphatic carbocycles. The van der Waals surface area contributed by atoms with Crippen LogP contribution in [0.1, 0.15) is 0 Å². The van der Waals surface area contributed by atoms with Crippen molar-refractivity contribution in [1.82, 2.24) is 10.2 Å². The molecule has 4 nitrogen and oxygen atoms in total. The van der Waals surface area contributed by atoms with Crippen molar-refractivity contribution in [1.29, 1.82) is 0 Å². The average Bonchev–Trinajstić information content (AvgIpc) is 2.30. The van der Waals surface area contributed by atoms with Crippen LogP contribution in [-0.2, 0) is 0 Å². The highest BCUT2D eigenvalue weighted by Crippen LogP contribution is 2.25. The zero-order chi connectivity index (χ0) is 11.5. The van der Waals surface area contributed by atoms with Crippen molar-refractivity contribution in [3.05, 3.63) is 45.8 Å². The van der Waals surface area contributed by atoms with E-state index in [1.165, 1.54) is 13.3 Å². The van der Waals surface area contributed by atoms with Gasteiger partial charge in [0.2, 0.25) is 0 Å². The zero-order valence-corrected chi connectivity index (χ0v) is 9.28. The van der Waals surface area contributed by atoms with Crippen molar-refractivity contribution in [3.63, 3.8) is 0 Å². The van der Waals surface area contributed by atoms with Crippen LogP contribution in [0, 0.1) is 0 Å². The van der Waals surface area contributed by atoms with Gasteiger partial charge >= 0.3 is 0 Å². The lowest BCUT2D eigenvalue weighted by atomic mass is 10.1. The third-order valence-corrected chi connectivity index (χ3v) is 2.43. The van der Waals surface area contributed by atoms with E-state index in [0.717, 1.165) is 5.56 Å². The first-order chi connectivity index (χ1) is 7.72. The lowest BCUT2D eigenvalue weighted by molar-refractivity contribution is 0.412. The maximum atomic E-state index is 11.7. The number of hydrogen-bond donors (Lipinski definition) is 1. The predicted molar refractivity (Wildman–Crippen MR) is 61.9 cm³/mol. The Morgan fingerprint density at radius 3 is 2.62 bits per heavy atom. The van der Waals surface area contributed by atoms with Crippen LogP contribution >= 0.6 is 11.6 Å². The van der Waals surface area contributed by atoms with Crippen LogP contribution in [0.4, 0.5) is 0 Å². The second kappa shape index (κ2) is 4.37. The van der Waals surface area contributed by atoms with Gasteiger partial charge in [-0.2, -0.15) is 5.10 Å². The molecule has 2 rings (SSSR count). The summed E-state index contributed by atoms with van der Waals surface area (Å²) in [5.74, 6) is 0.436. The molecule has 0 saturated carbocycles. The van der Waals surface area contributed by atoms with E-state index in [1.54, 1.807) is 24.3 Å². The number of nitrogens with one attached hydrogen (secondary N) is 1. The summed E-state index contributed by atoms with van der Waals surface area (Å²) in [5.41, 5.74) is 0.903. The fraction of sp³-hybridized carbons (Fsp3) is 0.0909. The van der Waals surface area contributed by atoms with E-state index in [0.29, 0.717) is 16.3 Å². The molecule has 82 valence electrons. The predicted octanol–water partition coefficient (Wildman–Crippen LogP) is 2.10. The van der Waals surface area contributed by atoms with Crippen molar-refractivity contribution in [2.75, 3.05) is 7.11 Å². The molecule has 0 unspecified atom stereocenters. The second-order valence-corrected chi connectivity index (χ2v) is 3.59. The molecule has 1 N–H and O–H groups in total. The SMILES string of the molecule is COc1cn[nH]c(=O)c1-c1ccc(Cl)cc1. The molecule has 0 spiro atoms. The van der Waals surface area contributed by atoms with E-state index >= 15 is 0 Å². The normalized spacial score (nSPS) is 10.1. The summed E-state index contributed by atoms with van der Waals surface area (Å²) >= 11 is 5.78. The van der Waals surface area contributed by atoms with Crippen LogP contribution in [-0.4, -0.2) is 17.3 Å². The first kappa shape index (κ1) is 10.7. The first-order valence-electron chi connectivity index (χ1n) is 4.60. The van der Waals surface area contributed by atoms with Gasteiger partial charge < -0.3 is 4.74 Å². The van der Waals surface area contributed by atoms with Crippen LogP contribution in [0.5, 0.6) is 5.75 Å². The third kappa shape index (κ3) is 1.92. The monoisotopic (exact) mass is 236 g/mol. The minimum atomic E-state index is -0.290. The summed E-state index contributed by atoms with van der Waals surface area (Å²) in [4.78, 5) is 11.7. The second-order valence-electron chi connectivity index (χ2n) is 3.15. The van der Waals surface area contributed by atoms with Crippen LogP contribution in [0.25, 0.3) is 11.1 Å². The molecule has 16 heavy (non-hydrogen) atoms. The molecule has 0 atom stereocenters. The van der Waals surface area contributed by atoms with E-state index in [9.17, 15) is 4.79 Å². The fourth-order valence-corrected chi connectivity index (χ4v) is 1.55. The van der Waals surface area contributed by atoms with E-state index in [1.807, 2.05) is 0 Å². The summed E-state index contributed by atoms with van der Waals surface area (Å²) in [6.07, 6.45) is 1.46. The highest BCUT2D eigenvalue weighted by atomic mass is 35.5. The Balaban J connectivity index is 2.63. The number of nitrogens with zero attached hydrogens (tertiary/aromatic N) is 1. The number of benzene rings is 1. The summed E-state index contributed by atoms with van der Waals surface area (Å²) in [5, 5.41) is 6.66. The topological polar surface area (TPSA) is 55.0 Å². The highest BCUT2D eigenvalue weighted by Gasteiger charge is 2.10. The Labute approximate surface area is 96.8 Å². The number of aromatic nitrogens is 2. The molecule has 2 aromatic rings. The minimum absolute atomic E-state index is 0.290.